The predicted octanol–water partition coefficient (Wildman–Crippen LogP) is 1.42. The van der Waals surface area contributed by atoms with Crippen molar-refractivity contribution in [1.82, 2.24) is 5.16 Å². The average Bonchev–Trinajstić information content (AvgIpc) is 2.57. The zero-order valence-corrected chi connectivity index (χ0v) is 7.73. The molecule has 4 nitrogen and oxygen atoms in total. The third kappa shape index (κ3) is 1.56. The number of hydrogen-bond acceptors (Lipinski definition) is 4. The van der Waals surface area contributed by atoms with Gasteiger partial charge in [-0.15, -0.1) is 0 Å². The first-order chi connectivity index (χ1) is 6.81. The van der Waals surface area contributed by atoms with Crippen LogP contribution < -0.4 is 5.73 Å². The largest absolute Gasteiger partial charge is 0.508 e. The standard InChI is InChI=1S/C10H12N2O2/c11-5-1-2-10-8-6-7(13)3-4-9(8)12-14-10/h3-4,6,13H,1-2,5,11H2. The van der Waals surface area contributed by atoms with E-state index in [0.29, 0.717) is 6.54 Å². The SMILES string of the molecule is NCCCc1onc2ccc(O)cc12. The summed E-state index contributed by atoms with van der Waals surface area (Å²) in [6.07, 6.45) is 1.62. The number of aryl methyl sites for hydroxylation is 1. The topological polar surface area (TPSA) is 72.3 Å². The highest BCUT2D eigenvalue weighted by Crippen LogP contribution is 2.23. The van der Waals surface area contributed by atoms with E-state index in [1.807, 2.05) is 0 Å². The number of rotatable bonds is 3. The summed E-state index contributed by atoms with van der Waals surface area (Å²) in [5.74, 6) is 1.02. The van der Waals surface area contributed by atoms with Crippen LogP contribution >= 0.6 is 0 Å². The second kappa shape index (κ2) is 3.67. The molecular formula is C10H12N2O2. The van der Waals surface area contributed by atoms with Gasteiger partial charge in [-0.25, -0.2) is 0 Å². The number of aromatic nitrogens is 1. The van der Waals surface area contributed by atoms with Crippen LogP contribution in [-0.4, -0.2) is 16.8 Å². The molecule has 0 aliphatic carbocycles. The first kappa shape index (κ1) is 9.02. The van der Waals surface area contributed by atoms with E-state index >= 15 is 0 Å². The van der Waals surface area contributed by atoms with Crippen molar-refractivity contribution in [2.45, 2.75) is 12.8 Å². The van der Waals surface area contributed by atoms with E-state index in [4.69, 9.17) is 10.3 Å². The molecule has 0 fully saturated rings. The molecule has 0 unspecified atom stereocenters. The van der Waals surface area contributed by atoms with Crippen LogP contribution in [0, 0.1) is 0 Å². The lowest BCUT2D eigenvalue weighted by Crippen LogP contribution is -1.99. The van der Waals surface area contributed by atoms with Crippen LogP contribution in [0.1, 0.15) is 12.2 Å². The van der Waals surface area contributed by atoms with Gasteiger partial charge in [0.05, 0.1) is 0 Å². The Morgan fingerprint density at radius 1 is 1.43 bits per heavy atom. The second-order valence-electron chi connectivity index (χ2n) is 3.20. The van der Waals surface area contributed by atoms with Gasteiger partial charge in [-0.2, -0.15) is 0 Å². The Balaban J connectivity index is 2.40. The van der Waals surface area contributed by atoms with E-state index in [-0.39, 0.29) is 5.75 Å². The maximum Gasteiger partial charge on any atom is 0.144 e. The van der Waals surface area contributed by atoms with Crippen molar-refractivity contribution in [2.24, 2.45) is 5.73 Å². The minimum atomic E-state index is 0.231. The zero-order chi connectivity index (χ0) is 9.97. The lowest BCUT2D eigenvalue weighted by Gasteiger charge is -1.94. The van der Waals surface area contributed by atoms with Crippen molar-refractivity contribution >= 4 is 10.9 Å². The first-order valence-electron chi connectivity index (χ1n) is 4.58. The Morgan fingerprint density at radius 3 is 3.07 bits per heavy atom. The second-order valence-corrected chi connectivity index (χ2v) is 3.20. The highest BCUT2D eigenvalue weighted by atomic mass is 16.5. The van der Waals surface area contributed by atoms with Crippen LogP contribution in [0.5, 0.6) is 5.75 Å². The van der Waals surface area contributed by atoms with Crippen molar-refractivity contribution in [3.63, 3.8) is 0 Å². The molecule has 2 aromatic rings. The Kier molecular flexibility index (Phi) is 2.37. The molecule has 1 aromatic heterocycles. The van der Waals surface area contributed by atoms with Gasteiger partial charge < -0.3 is 15.4 Å². The Morgan fingerprint density at radius 2 is 2.29 bits per heavy atom. The van der Waals surface area contributed by atoms with Crippen LogP contribution in [0.4, 0.5) is 0 Å². The van der Waals surface area contributed by atoms with Crippen molar-refractivity contribution in [3.05, 3.63) is 24.0 Å². The first-order valence-corrected chi connectivity index (χ1v) is 4.58. The number of aromatic hydroxyl groups is 1. The number of benzene rings is 1. The van der Waals surface area contributed by atoms with Gasteiger partial charge in [0.2, 0.25) is 0 Å². The molecule has 14 heavy (non-hydrogen) atoms. The Bertz CT molecular complexity index is 437. The molecule has 1 heterocycles. The molecular weight excluding hydrogens is 180 g/mol. The monoisotopic (exact) mass is 192 g/mol. The number of fused-ring (bicyclic) bond motifs is 1. The van der Waals surface area contributed by atoms with E-state index in [1.165, 1.54) is 0 Å². The molecule has 0 amide bonds. The van der Waals surface area contributed by atoms with Crippen LogP contribution in [0.25, 0.3) is 10.9 Å². The summed E-state index contributed by atoms with van der Waals surface area (Å²) in [7, 11) is 0. The maximum atomic E-state index is 9.30. The molecule has 1 aromatic carbocycles. The minimum Gasteiger partial charge on any atom is -0.508 e. The van der Waals surface area contributed by atoms with Crippen molar-refractivity contribution in [3.8, 4) is 5.75 Å². The number of nitrogens with zero attached hydrogens (tertiary/aromatic N) is 1. The van der Waals surface area contributed by atoms with Crippen molar-refractivity contribution in [2.75, 3.05) is 6.54 Å². The fourth-order valence-corrected chi connectivity index (χ4v) is 1.42. The molecule has 3 N–H and O–H groups in total. The highest BCUT2D eigenvalue weighted by molar-refractivity contribution is 5.81. The number of phenols is 1. The van der Waals surface area contributed by atoms with E-state index in [0.717, 1.165) is 29.5 Å². The third-order valence-electron chi connectivity index (χ3n) is 2.14. The predicted molar refractivity (Wildman–Crippen MR) is 53.0 cm³/mol. The van der Waals surface area contributed by atoms with E-state index in [2.05, 4.69) is 5.16 Å². The average molecular weight is 192 g/mol. The van der Waals surface area contributed by atoms with Crippen LogP contribution in [-0.2, 0) is 6.42 Å². The van der Waals surface area contributed by atoms with E-state index < -0.39 is 0 Å². The van der Waals surface area contributed by atoms with Crippen LogP contribution in [0.15, 0.2) is 22.7 Å². The van der Waals surface area contributed by atoms with Crippen molar-refractivity contribution < 1.29 is 9.63 Å². The summed E-state index contributed by atoms with van der Waals surface area (Å²) in [6.45, 7) is 0.626. The summed E-state index contributed by atoms with van der Waals surface area (Å²) in [4.78, 5) is 0. The van der Waals surface area contributed by atoms with E-state index in [1.54, 1.807) is 18.2 Å². The van der Waals surface area contributed by atoms with Gasteiger partial charge in [-0.05, 0) is 31.2 Å². The van der Waals surface area contributed by atoms with Gasteiger partial charge in [0.15, 0.2) is 0 Å². The number of hydrogen-bond donors (Lipinski definition) is 2. The van der Waals surface area contributed by atoms with Gasteiger partial charge >= 0.3 is 0 Å². The molecule has 2 rings (SSSR count). The van der Waals surface area contributed by atoms with Gasteiger partial charge in [0, 0.05) is 11.8 Å². The van der Waals surface area contributed by atoms with Crippen LogP contribution in [0.2, 0.25) is 0 Å². The molecule has 0 saturated carbocycles. The molecule has 74 valence electrons. The Labute approximate surface area is 81.3 Å². The van der Waals surface area contributed by atoms with Gasteiger partial charge in [0.1, 0.15) is 17.0 Å². The van der Waals surface area contributed by atoms with Gasteiger partial charge in [-0.1, -0.05) is 5.16 Å². The molecule has 0 aliphatic heterocycles. The highest BCUT2D eigenvalue weighted by Gasteiger charge is 2.07. The molecule has 0 aliphatic rings. The third-order valence-corrected chi connectivity index (χ3v) is 2.14. The Hall–Kier alpha value is -1.55. The van der Waals surface area contributed by atoms with E-state index in [9.17, 15) is 5.11 Å². The fraction of sp³-hybridized carbons (Fsp3) is 0.300. The molecule has 0 atom stereocenters. The zero-order valence-electron chi connectivity index (χ0n) is 7.73. The summed E-state index contributed by atoms with van der Waals surface area (Å²) < 4.78 is 5.16. The molecule has 0 radical (unpaired) electrons. The minimum absolute atomic E-state index is 0.231. The summed E-state index contributed by atoms with van der Waals surface area (Å²) in [5, 5.41) is 14.1. The van der Waals surface area contributed by atoms with Gasteiger partial charge in [-0.3, -0.25) is 0 Å². The summed E-state index contributed by atoms with van der Waals surface area (Å²) >= 11 is 0. The van der Waals surface area contributed by atoms with Crippen molar-refractivity contribution in [1.29, 1.82) is 0 Å². The number of nitrogens with two attached hydrogens (primary N) is 1. The smallest absolute Gasteiger partial charge is 0.144 e. The molecule has 0 saturated heterocycles. The molecule has 4 heteroatoms. The molecule has 0 bridgehead atoms. The maximum absolute atomic E-state index is 9.30. The fourth-order valence-electron chi connectivity index (χ4n) is 1.42. The molecule has 0 spiro atoms. The summed E-state index contributed by atoms with van der Waals surface area (Å²) in [6, 6.07) is 5.00. The lowest BCUT2D eigenvalue weighted by molar-refractivity contribution is 0.389. The van der Waals surface area contributed by atoms with Gasteiger partial charge in [0.25, 0.3) is 0 Å². The quantitative estimate of drug-likeness (QED) is 0.771. The van der Waals surface area contributed by atoms with Crippen LogP contribution in [0.3, 0.4) is 0 Å². The number of phenolic OH excluding ortho intramolecular Hbond substituents is 1. The summed E-state index contributed by atoms with van der Waals surface area (Å²) in [5.41, 5.74) is 6.18. The lowest BCUT2D eigenvalue weighted by atomic mass is 10.1. The normalized spacial score (nSPS) is 10.9.